The van der Waals surface area contributed by atoms with Gasteiger partial charge in [0.1, 0.15) is 5.82 Å². The van der Waals surface area contributed by atoms with Crippen LogP contribution in [0.5, 0.6) is 0 Å². The van der Waals surface area contributed by atoms with Crippen LogP contribution >= 0.6 is 0 Å². The van der Waals surface area contributed by atoms with E-state index in [9.17, 15) is 4.39 Å². The van der Waals surface area contributed by atoms with Crippen molar-refractivity contribution < 1.29 is 9.50 Å². The summed E-state index contributed by atoms with van der Waals surface area (Å²) < 4.78 is 13.1. The van der Waals surface area contributed by atoms with E-state index in [1.807, 2.05) is 6.07 Å². The van der Waals surface area contributed by atoms with Crippen LogP contribution in [0.3, 0.4) is 0 Å². The van der Waals surface area contributed by atoms with Gasteiger partial charge < -0.3 is 10.4 Å². The SMILES string of the molecule is CC(C)(CNCCCCO)c1cccc(F)c1. The van der Waals surface area contributed by atoms with Crippen molar-refractivity contribution in [3.05, 3.63) is 35.6 Å². The van der Waals surface area contributed by atoms with Crippen LogP contribution in [-0.2, 0) is 5.41 Å². The number of halogens is 1. The Labute approximate surface area is 103 Å². The van der Waals surface area contributed by atoms with E-state index in [-0.39, 0.29) is 17.8 Å². The molecule has 0 fully saturated rings. The Balaban J connectivity index is 2.45. The largest absolute Gasteiger partial charge is 0.396 e. The molecule has 0 spiro atoms. The molecule has 0 aromatic heterocycles. The molecule has 1 rings (SSSR count). The van der Waals surface area contributed by atoms with E-state index in [2.05, 4.69) is 19.2 Å². The van der Waals surface area contributed by atoms with Gasteiger partial charge >= 0.3 is 0 Å². The normalized spacial score (nSPS) is 11.8. The van der Waals surface area contributed by atoms with Crippen LogP contribution in [0.1, 0.15) is 32.3 Å². The number of benzene rings is 1. The van der Waals surface area contributed by atoms with Gasteiger partial charge in [0.2, 0.25) is 0 Å². The Morgan fingerprint density at radius 2 is 2.06 bits per heavy atom. The molecule has 0 heterocycles. The maximum Gasteiger partial charge on any atom is 0.123 e. The number of hydrogen-bond acceptors (Lipinski definition) is 2. The summed E-state index contributed by atoms with van der Waals surface area (Å²) in [6.07, 6.45) is 1.79. The highest BCUT2D eigenvalue weighted by Crippen LogP contribution is 2.22. The molecule has 0 aliphatic carbocycles. The van der Waals surface area contributed by atoms with Crippen LogP contribution in [0.4, 0.5) is 4.39 Å². The maximum absolute atomic E-state index is 13.1. The van der Waals surface area contributed by atoms with Gasteiger partial charge in [-0.1, -0.05) is 26.0 Å². The minimum atomic E-state index is -0.184. The molecule has 2 N–H and O–H groups in total. The number of nitrogens with one attached hydrogen (secondary N) is 1. The number of hydrogen-bond donors (Lipinski definition) is 2. The highest BCUT2D eigenvalue weighted by molar-refractivity contribution is 5.24. The van der Waals surface area contributed by atoms with Gasteiger partial charge in [-0.15, -0.1) is 0 Å². The van der Waals surface area contributed by atoms with Crippen molar-refractivity contribution in [2.24, 2.45) is 0 Å². The summed E-state index contributed by atoms with van der Waals surface area (Å²) in [5, 5.41) is 12.0. The third kappa shape index (κ3) is 4.84. The maximum atomic E-state index is 13.1. The van der Waals surface area contributed by atoms with Gasteiger partial charge in [-0.3, -0.25) is 0 Å². The molecule has 0 atom stereocenters. The second-order valence-corrected chi connectivity index (χ2v) is 5.00. The molecule has 1 aromatic carbocycles. The molecule has 0 radical (unpaired) electrons. The lowest BCUT2D eigenvalue weighted by Crippen LogP contribution is -2.33. The van der Waals surface area contributed by atoms with E-state index < -0.39 is 0 Å². The summed E-state index contributed by atoms with van der Waals surface area (Å²) in [7, 11) is 0. The summed E-state index contributed by atoms with van der Waals surface area (Å²) in [5.74, 6) is -0.184. The average Bonchev–Trinajstić information content (AvgIpc) is 2.29. The quantitative estimate of drug-likeness (QED) is 0.716. The predicted octanol–water partition coefficient (Wildman–Crippen LogP) is 2.47. The first-order chi connectivity index (χ1) is 8.06. The summed E-state index contributed by atoms with van der Waals surface area (Å²) in [4.78, 5) is 0. The van der Waals surface area contributed by atoms with Crippen molar-refractivity contribution in [2.75, 3.05) is 19.7 Å². The fourth-order valence-electron chi connectivity index (χ4n) is 1.77. The molecule has 0 unspecified atom stereocenters. The van der Waals surface area contributed by atoms with E-state index in [4.69, 9.17) is 5.11 Å². The van der Waals surface area contributed by atoms with Crippen molar-refractivity contribution in [3.8, 4) is 0 Å². The monoisotopic (exact) mass is 239 g/mol. The van der Waals surface area contributed by atoms with Crippen molar-refractivity contribution in [2.45, 2.75) is 32.1 Å². The van der Waals surface area contributed by atoms with Crippen molar-refractivity contribution in [3.63, 3.8) is 0 Å². The summed E-state index contributed by atoms with van der Waals surface area (Å²) in [5.41, 5.74) is 0.925. The highest BCUT2D eigenvalue weighted by Gasteiger charge is 2.20. The predicted molar refractivity (Wildman–Crippen MR) is 68.6 cm³/mol. The zero-order valence-electron chi connectivity index (χ0n) is 10.7. The first-order valence-corrected chi connectivity index (χ1v) is 6.14. The molecule has 2 nitrogen and oxygen atoms in total. The minimum absolute atomic E-state index is 0.0820. The van der Waals surface area contributed by atoms with Crippen LogP contribution < -0.4 is 5.32 Å². The zero-order valence-corrected chi connectivity index (χ0v) is 10.7. The van der Waals surface area contributed by atoms with Gasteiger partial charge in [0.25, 0.3) is 0 Å². The smallest absolute Gasteiger partial charge is 0.123 e. The first-order valence-electron chi connectivity index (χ1n) is 6.14. The third-order valence-corrected chi connectivity index (χ3v) is 2.93. The molecule has 96 valence electrons. The zero-order chi connectivity index (χ0) is 12.7. The molecule has 0 saturated carbocycles. The molecule has 0 aliphatic heterocycles. The lowest BCUT2D eigenvalue weighted by atomic mass is 9.84. The second-order valence-electron chi connectivity index (χ2n) is 5.00. The second kappa shape index (κ2) is 6.72. The molecule has 1 aromatic rings. The van der Waals surface area contributed by atoms with Gasteiger partial charge in [0.15, 0.2) is 0 Å². The summed E-state index contributed by atoms with van der Waals surface area (Å²) in [6, 6.07) is 6.76. The van der Waals surface area contributed by atoms with Gasteiger partial charge in [0.05, 0.1) is 0 Å². The van der Waals surface area contributed by atoms with E-state index in [0.29, 0.717) is 0 Å². The fourth-order valence-corrected chi connectivity index (χ4v) is 1.77. The van der Waals surface area contributed by atoms with Gasteiger partial charge in [0, 0.05) is 18.6 Å². The van der Waals surface area contributed by atoms with Gasteiger partial charge in [-0.2, -0.15) is 0 Å². The van der Waals surface area contributed by atoms with Crippen LogP contribution in [-0.4, -0.2) is 24.8 Å². The van der Waals surface area contributed by atoms with Crippen LogP contribution in [0.2, 0.25) is 0 Å². The third-order valence-electron chi connectivity index (χ3n) is 2.93. The average molecular weight is 239 g/mol. The van der Waals surface area contributed by atoms with E-state index in [1.54, 1.807) is 12.1 Å². The van der Waals surface area contributed by atoms with E-state index >= 15 is 0 Å². The Morgan fingerprint density at radius 1 is 1.29 bits per heavy atom. The molecular weight excluding hydrogens is 217 g/mol. The fraction of sp³-hybridized carbons (Fsp3) is 0.571. The molecule has 0 saturated heterocycles. The lowest BCUT2D eigenvalue weighted by Gasteiger charge is -2.25. The standard InChI is InChI=1S/C14H22FNO/c1-14(2,11-16-8-3-4-9-17)12-6-5-7-13(15)10-12/h5-7,10,16-17H,3-4,8-9,11H2,1-2H3. The molecule has 0 bridgehead atoms. The molecule has 0 amide bonds. The summed E-state index contributed by atoms with van der Waals surface area (Å²) in [6.45, 7) is 6.14. The number of rotatable bonds is 7. The lowest BCUT2D eigenvalue weighted by molar-refractivity contribution is 0.283. The molecule has 0 aliphatic rings. The van der Waals surface area contributed by atoms with Gasteiger partial charge in [-0.25, -0.2) is 4.39 Å². The van der Waals surface area contributed by atoms with Gasteiger partial charge in [-0.05, 0) is 37.1 Å². The molecule has 3 heteroatoms. The summed E-state index contributed by atoms with van der Waals surface area (Å²) >= 11 is 0. The van der Waals surface area contributed by atoms with E-state index in [0.717, 1.165) is 31.5 Å². The van der Waals surface area contributed by atoms with Crippen LogP contribution in [0.15, 0.2) is 24.3 Å². The van der Waals surface area contributed by atoms with Crippen molar-refractivity contribution in [1.82, 2.24) is 5.32 Å². The highest BCUT2D eigenvalue weighted by atomic mass is 19.1. The molecule has 17 heavy (non-hydrogen) atoms. The number of unbranched alkanes of at least 4 members (excludes halogenated alkanes) is 1. The Bertz CT molecular complexity index is 339. The van der Waals surface area contributed by atoms with E-state index in [1.165, 1.54) is 6.07 Å². The Hall–Kier alpha value is -0.930. The molecular formula is C14H22FNO. The minimum Gasteiger partial charge on any atom is -0.396 e. The Kier molecular flexibility index (Phi) is 5.59. The number of aliphatic hydroxyl groups excluding tert-OH is 1. The van der Waals surface area contributed by atoms with Crippen molar-refractivity contribution in [1.29, 1.82) is 0 Å². The first kappa shape index (κ1) is 14.1. The van der Waals surface area contributed by atoms with Crippen molar-refractivity contribution >= 4 is 0 Å². The van der Waals surface area contributed by atoms with Crippen LogP contribution in [0.25, 0.3) is 0 Å². The Morgan fingerprint density at radius 3 is 2.71 bits per heavy atom. The number of aliphatic hydroxyl groups is 1. The van der Waals surface area contributed by atoms with Crippen LogP contribution in [0, 0.1) is 5.82 Å². The topological polar surface area (TPSA) is 32.3 Å².